The summed E-state index contributed by atoms with van der Waals surface area (Å²) in [7, 11) is 0. The quantitative estimate of drug-likeness (QED) is 0.785. The number of hydrogen-bond acceptors (Lipinski definition) is 3. The molecule has 112 valence electrons. The fraction of sp³-hybridized carbons (Fsp3) is 0.500. The standard InChI is InChI=1S/C18H22O3/c19-18-8-4-7-17(21-18)13-20-16-11-9-15(10-12-16)14-5-2-1-3-6-14/h4,8-12,14,17H,1-3,5-7,13H2/t17-/m1/s1. The number of ether oxygens (including phenoxy) is 2. The third-order valence-corrected chi connectivity index (χ3v) is 4.33. The summed E-state index contributed by atoms with van der Waals surface area (Å²) in [5.41, 5.74) is 1.43. The van der Waals surface area contributed by atoms with E-state index in [0.29, 0.717) is 6.61 Å². The van der Waals surface area contributed by atoms with Gasteiger partial charge in [0, 0.05) is 12.5 Å². The second-order valence-corrected chi connectivity index (χ2v) is 5.91. The predicted molar refractivity (Wildman–Crippen MR) is 81.4 cm³/mol. The molecule has 1 aromatic carbocycles. The van der Waals surface area contributed by atoms with Crippen molar-refractivity contribution in [1.29, 1.82) is 0 Å². The molecule has 1 saturated carbocycles. The number of carbonyl (C=O) groups is 1. The SMILES string of the molecule is O=C1C=CC[C@H](COc2ccc(C3CCCCC3)cc2)O1. The maximum atomic E-state index is 11.1. The Morgan fingerprint density at radius 1 is 1.10 bits per heavy atom. The summed E-state index contributed by atoms with van der Waals surface area (Å²) in [6.07, 6.45) is 10.6. The van der Waals surface area contributed by atoms with Gasteiger partial charge in [-0.2, -0.15) is 0 Å². The van der Waals surface area contributed by atoms with E-state index in [-0.39, 0.29) is 12.1 Å². The van der Waals surface area contributed by atoms with Crippen LogP contribution in [0.5, 0.6) is 5.75 Å². The van der Waals surface area contributed by atoms with Crippen molar-refractivity contribution in [3.8, 4) is 5.75 Å². The van der Waals surface area contributed by atoms with Crippen molar-refractivity contribution in [3.63, 3.8) is 0 Å². The summed E-state index contributed by atoms with van der Waals surface area (Å²) >= 11 is 0. The highest BCUT2D eigenvalue weighted by atomic mass is 16.6. The van der Waals surface area contributed by atoms with Gasteiger partial charge in [0.2, 0.25) is 0 Å². The average molecular weight is 286 g/mol. The second kappa shape index (κ2) is 6.79. The molecular weight excluding hydrogens is 264 g/mol. The first-order chi connectivity index (χ1) is 10.3. The summed E-state index contributed by atoms with van der Waals surface area (Å²) in [4.78, 5) is 11.1. The zero-order valence-electron chi connectivity index (χ0n) is 12.3. The average Bonchev–Trinajstić information content (AvgIpc) is 2.54. The highest BCUT2D eigenvalue weighted by molar-refractivity contribution is 5.82. The van der Waals surface area contributed by atoms with Gasteiger partial charge in [0.15, 0.2) is 0 Å². The van der Waals surface area contributed by atoms with Crippen LogP contribution < -0.4 is 4.74 Å². The molecule has 0 amide bonds. The molecular formula is C18H22O3. The van der Waals surface area contributed by atoms with Crippen LogP contribution in [0.15, 0.2) is 36.4 Å². The van der Waals surface area contributed by atoms with E-state index < -0.39 is 0 Å². The van der Waals surface area contributed by atoms with E-state index in [2.05, 4.69) is 12.1 Å². The maximum Gasteiger partial charge on any atom is 0.330 e. The largest absolute Gasteiger partial charge is 0.490 e. The molecule has 0 unspecified atom stereocenters. The van der Waals surface area contributed by atoms with Crippen molar-refractivity contribution in [2.75, 3.05) is 6.61 Å². The molecule has 0 N–H and O–H groups in total. The molecule has 0 aromatic heterocycles. The number of carbonyl (C=O) groups excluding carboxylic acids is 1. The summed E-state index contributed by atoms with van der Waals surface area (Å²) in [5, 5.41) is 0. The molecule has 1 aliphatic heterocycles. The number of benzene rings is 1. The van der Waals surface area contributed by atoms with Gasteiger partial charge in [-0.25, -0.2) is 4.79 Å². The smallest absolute Gasteiger partial charge is 0.330 e. The first-order valence-corrected chi connectivity index (χ1v) is 7.91. The summed E-state index contributed by atoms with van der Waals surface area (Å²) < 4.78 is 10.9. The molecule has 0 bridgehead atoms. The van der Waals surface area contributed by atoms with Crippen LogP contribution in [0, 0.1) is 0 Å². The zero-order valence-corrected chi connectivity index (χ0v) is 12.3. The van der Waals surface area contributed by atoms with Crippen LogP contribution in [0.4, 0.5) is 0 Å². The van der Waals surface area contributed by atoms with Crippen molar-refractivity contribution in [2.24, 2.45) is 0 Å². The minimum Gasteiger partial charge on any atom is -0.490 e. The molecule has 2 aliphatic rings. The lowest BCUT2D eigenvalue weighted by Gasteiger charge is -2.22. The molecule has 3 heteroatoms. The van der Waals surface area contributed by atoms with Gasteiger partial charge < -0.3 is 9.47 Å². The Balaban J connectivity index is 1.52. The van der Waals surface area contributed by atoms with E-state index in [4.69, 9.17) is 9.47 Å². The zero-order chi connectivity index (χ0) is 14.5. The van der Waals surface area contributed by atoms with Crippen molar-refractivity contribution in [3.05, 3.63) is 42.0 Å². The summed E-state index contributed by atoms with van der Waals surface area (Å²) in [6.45, 7) is 0.416. The summed E-state index contributed by atoms with van der Waals surface area (Å²) in [5.74, 6) is 1.29. The minimum absolute atomic E-state index is 0.166. The van der Waals surface area contributed by atoms with Crippen LogP contribution in [0.3, 0.4) is 0 Å². The first kappa shape index (κ1) is 14.2. The Hall–Kier alpha value is -1.77. The Morgan fingerprint density at radius 3 is 2.57 bits per heavy atom. The van der Waals surface area contributed by atoms with E-state index in [1.807, 2.05) is 18.2 Å². The van der Waals surface area contributed by atoms with Gasteiger partial charge in [-0.3, -0.25) is 0 Å². The lowest BCUT2D eigenvalue weighted by molar-refractivity contribution is -0.145. The van der Waals surface area contributed by atoms with Gasteiger partial charge in [0.1, 0.15) is 18.5 Å². The van der Waals surface area contributed by atoms with E-state index in [1.165, 1.54) is 43.7 Å². The van der Waals surface area contributed by atoms with Crippen LogP contribution in [0.25, 0.3) is 0 Å². The van der Waals surface area contributed by atoms with E-state index in [0.717, 1.165) is 18.1 Å². The van der Waals surface area contributed by atoms with Crippen LogP contribution in [0.1, 0.15) is 50.0 Å². The van der Waals surface area contributed by atoms with Gasteiger partial charge >= 0.3 is 5.97 Å². The molecule has 3 rings (SSSR count). The second-order valence-electron chi connectivity index (χ2n) is 5.91. The number of rotatable bonds is 4. The topological polar surface area (TPSA) is 35.5 Å². The van der Waals surface area contributed by atoms with Crippen molar-refractivity contribution >= 4 is 5.97 Å². The van der Waals surface area contributed by atoms with Crippen LogP contribution >= 0.6 is 0 Å². The number of esters is 1. The highest BCUT2D eigenvalue weighted by Gasteiger charge is 2.17. The first-order valence-electron chi connectivity index (χ1n) is 7.91. The Kier molecular flexibility index (Phi) is 4.59. The highest BCUT2D eigenvalue weighted by Crippen LogP contribution is 2.33. The lowest BCUT2D eigenvalue weighted by Crippen LogP contribution is -2.26. The minimum atomic E-state index is -0.275. The number of hydrogen-bond donors (Lipinski definition) is 0. The van der Waals surface area contributed by atoms with Gasteiger partial charge in [-0.15, -0.1) is 0 Å². The fourth-order valence-electron chi connectivity index (χ4n) is 3.13. The van der Waals surface area contributed by atoms with Gasteiger partial charge in [-0.1, -0.05) is 37.5 Å². The lowest BCUT2D eigenvalue weighted by atomic mass is 9.84. The fourth-order valence-corrected chi connectivity index (χ4v) is 3.13. The number of cyclic esters (lactones) is 1. The molecule has 21 heavy (non-hydrogen) atoms. The molecule has 3 nitrogen and oxygen atoms in total. The van der Waals surface area contributed by atoms with Crippen molar-refractivity contribution in [2.45, 2.75) is 50.5 Å². The molecule has 1 aromatic rings. The third-order valence-electron chi connectivity index (χ3n) is 4.33. The van der Waals surface area contributed by atoms with E-state index in [9.17, 15) is 4.79 Å². The summed E-state index contributed by atoms with van der Waals surface area (Å²) in [6, 6.07) is 8.42. The Labute approximate surface area is 125 Å². The molecule has 0 radical (unpaired) electrons. The van der Waals surface area contributed by atoms with Crippen molar-refractivity contribution < 1.29 is 14.3 Å². The van der Waals surface area contributed by atoms with Crippen molar-refractivity contribution in [1.82, 2.24) is 0 Å². The Morgan fingerprint density at radius 2 is 1.86 bits per heavy atom. The molecule has 0 spiro atoms. The predicted octanol–water partition coefficient (Wildman–Crippen LogP) is 3.98. The molecule has 1 aliphatic carbocycles. The van der Waals surface area contributed by atoms with Crippen LogP contribution in [-0.4, -0.2) is 18.7 Å². The van der Waals surface area contributed by atoms with Gasteiger partial charge in [-0.05, 0) is 36.5 Å². The Bertz CT molecular complexity index is 498. The van der Waals surface area contributed by atoms with E-state index in [1.54, 1.807) is 0 Å². The molecule has 1 atom stereocenters. The van der Waals surface area contributed by atoms with Crippen LogP contribution in [0.2, 0.25) is 0 Å². The third kappa shape index (κ3) is 3.87. The maximum absolute atomic E-state index is 11.1. The van der Waals surface area contributed by atoms with E-state index >= 15 is 0 Å². The molecule has 0 saturated heterocycles. The van der Waals surface area contributed by atoms with Gasteiger partial charge in [0.05, 0.1) is 0 Å². The normalized spacial score (nSPS) is 22.9. The van der Waals surface area contributed by atoms with Gasteiger partial charge in [0.25, 0.3) is 0 Å². The molecule has 1 fully saturated rings. The monoisotopic (exact) mass is 286 g/mol. The van der Waals surface area contributed by atoms with Crippen LogP contribution in [-0.2, 0) is 9.53 Å². The molecule has 1 heterocycles.